The molecule has 0 saturated carbocycles. The third kappa shape index (κ3) is 2.11. The van der Waals surface area contributed by atoms with E-state index in [-0.39, 0.29) is 5.41 Å². The van der Waals surface area contributed by atoms with Crippen LogP contribution in [0.3, 0.4) is 0 Å². The molecular weight excluding hydrogens is 286 g/mol. The van der Waals surface area contributed by atoms with Gasteiger partial charge >= 0.3 is 0 Å². The molecule has 3 heterocycles. The highest BCUT2D eigenvalue weighted by molar-refractivity contribution is 6.07. The molecule has 0 aliphatic rings. The Morgan fingerprint density at radius 1 is 1.00 bits per heavy atom. The Balaban J connectivity index is 2.14. The highest BCUT2D eigenvalue weighted by Crippen LogP contribution is 2.36. The summed E-state index contributed by atoms with van der Waals surface area (Å²) in [4.78, 5) is 4.88. The number of fused-ring (bicyclic) bond motifs is 3. The number of pyridine rings is 1. The topological polar surface area (TPSA) is 70.2 Å². The van der Waals surface area contributed by atoms with Crippen molar-refractivity contribution in [3.63, 3.8) is 0 Å². The second-order valence-electron chi connectivity index (χ2n) is 7.00. The van der Waals surface area contributed by atoms with Crippen LogP contribution in [0.2, 0.25) is 0 Å². The Kier molecular flexibility index (Phi) is 2.82. The van der Waals surface area contributed by atoms with E-state index in [1.807, 2.05) is 25.4 Å². The van der Waals surface area contributed by atoms with Gasteiger partial charge in [0.15, 0.2) is 0 Å². The van der Waals surface area contributed by atoms with Crippen LogP contribution in [-0.2, 0) is 5.41 Å². The average molecular weight is 305 g/mol. The Hall–Kier alpha value is -2.69. The Labute approximate surface area is 134 Å². The molecule has 2 N–H and O–H groups in total. The lowest BCUT2D eigenvalue weighted by molar-refractivity contribution is 0.596. The first-order chi connectivity index (χ1) is 10.9. The van der Waals surface area contributed by atoms with Gasteiger partial charge in [-0.2, -0.15) is 10.2 Å². The van der Waals surface area contributed by atoms with Crippen LogP contribution in [0.4, 0.5) is 0 Å². The average Bonchev–Trinajstić information content (AvgIpc) is 3.13. The van der Waals surface area contributed by atoms with Crippen molar-refractivity contribution in [1.29, 1.82) is 0 Å². The first-order valence-electron chi connectivity index (χ1n) is 7.73. The number of hydrogen-bond donors (Lipinski definition) is 2. The molecule has 0 bridgehead atoms. The van der Waals surface area contributed by atoms with Crippen LogP contribution >= 0.6 is 0 Å². The molecule has 0 aliphatic heterocycles. The second-order valence-corrected chi connectivity index (χ2v) is 7.00. The predicted octanol–water partition coefficient (Wildman–Crippen LogP) is 4.11. The van der Waals surface area contributed by atoms with Crippen LogP contribution < -0.4 is 0 Å². The zero-order valence-corrected chi connectivity index (χ0v) is 13.7. The van der Waals surface area contributed by atoms with Crippen molar-refractivity contribution in [2.75, 3.05) is 0 Å². The summed E-state index contributed by atoms with van der Waals surface area (Å²) in [6.45, 7) is 8.70. The SMILES string of the molecule is Cc1[nH]ncc1-c1cc(C(C)(C)C)c2c(ccc3[nH]ncc32)n1. The van der Waals surface area contributed by atoms with Crippen LogP contribution in [-0.4, -0.2) is 25.4 Å². The second kappa shape index (κ2) is 4.65. The molecule has 0 atom stereocenters. The zero-order chi connectivity index (χ0) is 16.2. The van der Waals surface area contributed by atoms with Crippen LogP contribution in [0.5, 0.6) is 0 Å². The van der Waals surface area contributed by atoms with E-state index in [9.17, 15) is 0 Å². The lowest BCUT2D eigenvalue weighted by Crippen LogP contribution is -2.12. The summed E-state index contributed by atoms with van der Waals surface area (Å²) in [6.07, 6.45) is 3.73. The van der Waals surface area contributed by atoms with Crippen LogP contribution in [0.25, 0.3) is 33.1 Å². The maximum atomic E-state index is 4.88. The summed E-state index contributed by atoms with van der Waals surface area (Å²) in [5.41, 5.74) is 6.32. The fourth-order valence-corrected chi connectivity index (χ4v) is 3.09. The maximum Gasteiger partial charge on any atom is 0.0746 e. The van der Waals surface area contributed by atoms with Gasteiger partial charge in [0.2, 0.25) is 0 Å². The minimum atomic E-state index is -0.000859. The fraction of sp³-hybridized carbons (Fsp3) is 0.278. The molecule has 3 aromatic heterocycles. The number of benzene rings is 1. The summed E-state index contributed by atoms with van der Waals surface area (Å²) in [5, 5.41) is 16.7. The van der Waals surface area contributed by atoms with Crippen molar-refractivity contribution in [2.24, 2.45) is 0 Å². The van der Waals surface area contributed by atoms with E-state index < -0.39 is 0 Å². The van der Waals surface area contributed by atoms with Crippen LogP contribution in [0.1, 0.15) is 32.0 Å². The summed E-state index contributed by atoms with van der Waals surface area (Å²) < 4.78 is 0. The number of aromatic amines is 2. The molecule has 5 heteroatoms. The highest BCUT2D eigenvalue weighted by atomic mass is 15.1. The van der Waals surface area contributed by atoms with E-state index in [0.29, 0.717) is 0 Å². The number of H-pyrrole nitrogens is 2. The first kappa shape index (κ1) is 13.9. The summed E-state index contributed by atoms with van der Waals surface area (Å²) in [6, 6.07) is 6.28. The molecule has 4 aromatic rings. The largest absolute Gasteiger partial charge is 0.282 e. The molecule has 4 rings (SSSR count). The van der Waals surface area contributed by atoms with Crippen molar-refractivity contribution < 1.29 is 0 Å². The summed E-state index contributed by atoms with van der Waals surface area (Å²) >= 11 is 0. The fourth-order valence-electron chi connectivity index (χ4n) is 3.09. The predicted molar refractivity (Wildman–Crippen MR) is 92.4 cm³/mol. The number of rotatable bonds is 1. The van der Waals surface area contributed by atoms with Crippen LogP contribution in [0.15, 0.2) is 30.6 Å². The van der Waals surface area contributed by atoms with Gasteiger partial charge in [-0.05, 0) is 36.1 Å². The third-order valence-corrected chi connectivity index (χ3v) is 4.31. The minimum absolute atomic E-state index is 0.000859. The zero-order valence-electron chi connectivity index (χ0n) is 13.7. The van der Waals surface area contributed by atoms with Gasteiger partial charge in [-0.1, -0.05) is 20.8 Å². The third-order valence-electron chi connectivity index (χ3n) is 4.31. The van der Waals surface area contributed by atoms with Gasteiger partial charge in [0, 0.05) is 22.0 Å². The molecule has 0 amide bonds. The first-order valence-corrected chi connectivity index (χ1v) is 7.73. The molecule has 0 aliphatic carbocycles. The number of aromatic nitrogens is 5. The van der Waals surface area contributed by atoms with Gasteiger partial charge in [0.25, 0.3) is 0 Å². The monoisotopic (exact) mass is 305 g/mol. The Morgan fingerprint density at radius 2 is 1.78 bits per heavy atom. The smallest absolute Gasteiger partial charge is 0.0746 e. The summed E-state index contributed by atoms with van der Waals surface area (Å²) in [5.74, 6) is 0. The number of hydrogen-bond acceptors (Lipinski definition) is 3. The molecule has 0 saturated heterocycles. The van der Waals surface area contributed by atoms with E-state index in [1.165, 1.54) is 10.9 Å². The van der Waals surface area contributed by atoms with E-state index >= 15 is 0 Å². The van der Waals surface area contributed by atoms with Gasteiger partial charge < -0.3 is 0 Å². The van der Waals surface area contributed by atoms with Crippen molar-refractivity contribution in [1.82, 2.24) is 25.4 Å². The van der Waals surface area contributed by atoms with E-state index in [0.717, 1.165) is 33.4 Å². The molecule has 5 nitrogen and oxygen atoms in total. The number of nitrogens with one attached hydrogen (secondary N) is 2. The molecule has 1 aromatic carbocycles. The molecule has 0 unspecified atom stereocenters. The Morgan fingerprint density at radius 3 is 2.48 bits per heavy atom. The highest BCUT2D eigenvalue weighted by Gasteiger charge is 2.21. The normalized spacial score (nSPS) is 12.3. The van der Waals surface area contributed by atoms with Crippen molar-refractivity contribution in [2.45, 2.75) is 33.1 Å². The standard InChI is InChI=1S/C18H19N5/c1-10-11(8-19-22-10)16-7-13(18(2,3)4)17-12-9-20-23-14(12)5-6-15(17)21-16/h5-9H,1-4H3,(H,19,22)(H,20,23). The van der Waals surface area contributed by atoms with Gasteiger partial charge in [-0.3, -0.25) is 10.2 Å². The molecular formula is C18H19N5. The molecule has 116 valence electrons. The van der Waals surface area contributed by atoms with E-state index in [1.54, 1.807) is 0 Å². The van der Waals surface area contributed by atoms with E-state index in [2.05, 4.69) is 53.3 Å². The molecule has 0 fully saturated rings. The minimum Gasteiger partial charge on any atom is -0.282 e. The van der Waals surface area contributed by atoms with Gasteiger partial charge in [-0.15, -0.1) is 0 Å². The van der Waals surface area contributed by atoms with Crippen molar-refractivity contribution in [3.05, 3.63) is 41.9 Å². The van der Waals surface area contributed by atoms with E-state index in [4.69, 9.17) is 4.98 Å². The molecule has 0 radical (unpaired) electrons. The maximum absolute atomic E-state index is 4.88. The van der Waals surface area contributed by atoms with Gasteiger partial charge in [0.05, 0.1) is 29.1 Å². The van der Waals surface area contributed by atoms with Crippen molar-refractivity contribution >= 4 is 21.8 Å². The Bertz CT molecular complexity index is 1020. The van der Waals surface area contributed by atoms with Gasteiger partial charge in [0.1, 0.15) is 0 Å². The summed E-state index contributed by atoms with van der Waals surface area (Å²) in [7, 11) is 0. The lowest BCUT2D eigenvalue weighted by Gasteiger charge is -2.22. The van der Waals surface area contributed by atoms with Crippen LogP contribution in [0, 0.1) is 6.92 Å². The molecule has 0 spiro atoms. The number of nitrogens with zero attached hydrogens (tertiary/aromatic N) is 3. The molecule has 23 heavy (non-hydrogen) atoms. The van der Waals surface area contributed by atoms with Gasteiger partial charge in [-0.25, -0.2) is 4.98 Å². The lowest BCUT2D eigenvalue weighted by atomic mass is 9.83. The number of aryl methyl sites for hydroxylation is 1. The van der Waals surface area contributed by atoms with Crippen molar-refractivity contribution in [3.8, 4) is 11.3 Å². The quantitative estimate of drug-likeness (QED) is 0.556.